The lowest BCUT2D eigenvalue weighted by atomic mass is 10.6. The smallest absolute Gasteiger partial charge is 0.134 e. The molecule has 0 aromatic carbocycles. The van der Waals surface area contributed by atoms with Crippen LogP contribution in [0.4, 0.5) is 0 Å². The molecule has 0 unspecified atom stereocenters. The number of halogens is 2. The number of aldehydes is 1. The van der Waals surface area contributed by atoms with E-state index in [9.17, 15) is 4.79 Å². The van der Waals surface area contributed by atoms with Crippen molar-refractivity contribution in [3.63, 3.8) is 0 Å². The van der Waals surface area contributed by atoms with E-state index in [0.29, 0.717) is 5.88 Å². The van der Waals surface area contributed by atoms with E-state index in [1.165, 1.54) is 0 Å². The Labute approximate surface area is 49.8 Å². The minimum absolute atomic E-state index is 0.167. The Kier molecular flexibility index (Phi) is 3.89. The quantitative estimate of drug-likeness (QED) is 0.451. The molecule has 1 atom stereocenters. The molecule has 0 fully saturated rings. The Morgan fingerprint density at radius 1 is 2.00 bits per heavy atom. The van der Waals surface area contributed by atoms with E-state index >= 15 is 0 Å². The third-order valence-corrected chi connectivity index (χ3v) is 1.54. The molecule has 0 rings (SSSR count). The van der Waals surface area contributed by atoms with Crippen molar-refractivity contribution in [1.29, 1.82) is 0 Å². The maximum atomic E-state index is 9.60. The van der Waals surface area contributed by atoms with Crippen LogP contribution in [0.3, 0.4) is 0 Å². The summed E-state index contributed by atoms with van der Waals surface area (Å²) < 4.78 is 0. The predicted molar refractivity (Wildman–Crippen MR) is 29.5 cm³/mol. The molecule has 0 saturated carbocycles. The van der Waals surface area contributed by atoms with Crippen molar-refractivity contribution >= 4 is 33.8 Å². The number of hydrogen-bond donors (Lipinski definition) is 0. The van der Waals surface area contributed by atoms with Crippen molar-refractivity contribution in [3.05, 3.63) is 0 Å². The lowest BCUT2D eigenvalue weighted by Crippen LogP contribution is -1.98. The fraction of sp³-hybridized carbons (Fsp3) is 0.667. The van der Waals surface area contributed by atoms with Crippen LogP contribution in [0.1, 0.15) is 0 Å². The Bertz CT molecular complexity index is 48.1. The van der Waals surface area contributed by atoms with E-state index in [2.05, 4.69) is 15.9 Å². The van der Waals surface area contributed by atoms with Gasteiger partial charge in [-0.05, 0) is 0 Å². The molecule has 0 aromatic heterocycles. The van der Waals surface area contributed by atoms with Crippen LogP contribution in [-0.2, 0) is 4.79 Å². The average Bonchev–Trinajstić information content (AvgIpc) is 1.65. The molecular weight excluding hydrogens is 167 g/mol. The normalized spacial score (nSPS) is 13.7. The summed E-state index contributed by atoms with van der Waals surface area (Å²) in [5, 5.41) is 0. The number of hydrogen-bond acceptors (Lipinski definition) is 1. The van der Waals surface area contributed by atoms with Crippen LogP contribution in [0.2, 0.25) is 0 Å². The van der Waals surface area contributed by atoms with Crippen LogP contribution in [-0.4, -0.2) is 17.0 Å². The van der Waals surface area contributed by atoms with Crippen molar-refractivity contribution in [2.24, 2.45) is 0 Å². The van der Waals surface area contributed by atoms with Crippen molar-refractivity contribution in [2.75, 3.05) is 5.88 Å². The molecule has 3 heteroatoms. The van der Waals surface area contributed by atoms with E-state index in [1.54, 1.807) is 0 Å². The van der Waals surface area contributed by atoms with Gasteiger partial charge in [-0.25, -0.2) is 0 Å². The van der Waals surface area contributed by atoms with Crippen LogP contribution in [0.25, 0.3) is 0 Å². The van der Waals surface area contributed by atoms with Gasteiger partial charge in [-0.15, -0.1) is 11.6 Å². The maximum Gasteiger partial charge on any atom is 0.134 e. The first-order chi connectivity index (χ1) is 2.81. The van der Waals surface area contributed by atoms with Gasteiger partial charge in [0.2, 0.25) is 0 Å². The van der Waals surface area contributed by atoms with Gasteiger partial charge >= 0.3 is 0 Å². The van der Waals surface area contributed by atoms with Crippen LogP contribution in [0, 0.1) is 0 Å². The fourth-order valence-corrected chi connectivity index (χ4v) is 0.109. The molecule has 0 aliphatic rings. The molecule has 1 nitrogen and oxygen atoms in total. The van der Waals surface area contributed by atoms with E-state index in [0.717, 1.165) is 6.29 Å². The maximum absolute atomic E-state index is 9.60. The van der Waals surface area contributed by atoms with E-state index in [1.807, 2.05) is 0 Å². The molecular formula is C3H4BrClO. The zero-order valence-corrected chi connectivity index (χ0v) is 5.37. The number of alkyl halides is 2. The lowest BCUT2D eigenvalue weighted by molar-refractivity contribution is -0.107. The molecule has 0 spiro atoms. The SMILES string of the molecule is O=C[C@@H](Br)CCl. The number of carbonyl (C=O) groups excluding carboxylic acids is 1. The molecule has 6 heavy (non-hydrogen) atoms. The van der Waals surface area contributed by atoms with E-state index in [4.69, 9.17) is 11.6 Å². The Hall–Kier alpha value is 0.440. The highest BCUT2D eigenvalue weighted by Gasteiger charge is 1.93. The molecule has 0 radical (unpaired) electrons. The van der Waals surface area contributed by atoms with Crippen LogP contribution in [0.5, 0.6) is 0 Å². The molecule has 0 amide bonds. The van der Waals surface area contributed by atoms with Gasteiger partial charge in [0.25, 0.3) is 0 Å². The summed E-state index contributed by atoms with van der Waals surface area (Å²) in [4.78, 5) is 9.44. The second kappa shape index (κ2) is 3.62. The zero-order chi connectivity index (χ0) is 4.99. The molecule has 0 aliphatic heterocycles. The number of rotatable bonds is 2. The summed E-state index contributed by atoms with van der Waals surface area (Å²) >= 11 is 8.15. The second-order valence-electron chi connectivity index (χ2n) is 0.806. The van der Waals surface area contributed by atoms with Crippen molar-refractivity contribution in [3.8, 4) is 0 Å². The standard InChI is InChI=1S/C3H4BrClO/c4-3(1-5)2-6/h2-3H,1H2/t3-/m0/s1. The van der Waals surface area contributed by atoms with Crippen molar-refractivity contribution in [1.82, 2.24) is 0 Å². The molecule has 0 aliphatic carbocycles. The van der Waals surface area contributed by atoms with Crippen LogP contribution < -0.4 is 0 Å². The highest BCUT2D eigenvalue weighted by atomic mass is 79.9. The summed E-state index contributed by atoms with van der Waals surface area (Å²) in [6.45, 7) is 0. The summed E-state index contributed by atoms with van der Waals surface area (Å²) in [5.74, 6) is 0.351. The minimum atomic E-state index is -0.167. The summed E-state index contributed by atoms with van der Waals surface area (Å²) in [7, 11) is 0. The third kappa shape index (κ3) is 2.67. The second-order valence-corrected chi connectivity index (χ2v) is 2.29. The molecule has 0 bridgehead atoms. The largest absolute Gasteiger partial charge is 0.302 e. The van der Waals surface area contributed by atoms with E-state index in [-0.39, 0.29) is 4.83 Å². The van der Waals surface area contributed by atoms with Gasteiger partial charge in [-0.2, -0.15) is 0 Å². The Morgan fingerprint density at radius 3 is 2.50 bits per heavy atom. The van der Waals surface area contributed by atoms with Gasteiger partial charge in [-0.3, -0.25) is 0 Å². The van der Waals surface area contributed by atoms with Gasteiger partial charge in [0.1, 0.15) is 6.29 Å². The van der Waals surface area contributed by atoms with Crippen molar-refractivity contribution < 1.29 is 4.79 Å². The highest BCUT2D eigenvalue weighted by molar-refractivity contribution is 9.10. The van der Waals surface area contributed by atoms with Gasteiger partial charge in [0, 0.05) is 5.88 Å². The zero-order valence-electron chi connectivity index (χ0n) is 3.03. The first-order valence-electron chi connectivity index (χ1n) is 1.46. The monoisotopic (exact) mass is 170 g/mol. The third-order valence-electron chi connectivity index (χ3n) is 0.295. The molecule has 36 valence electrons. The first-order valence-corrected chi connectivity index (χ1v) is 2.91. The van der Waals surface area contributed by atoms with Gasteiger partial charge < -0.3 is 4.79 Å². The van der Waals surface area contributed by atoms with E-state index < -0.39 is 0 Å². The van der Waals surface area contributed by atoms with Crippen LogP contribution in [0.15, 0.2) is 0 Å². The molecule has 0 heterocycles. The number of carbonyl (C=O) groups is 1. The predicted octanol–water partition coefficient (Wildman–Crippen LogP) is 1.19. The minimum Gasteiger partial charge on any atom is -0.302 e. The van der Waals surface area contributed by atoms with Crippen molar-refractivity contribution in [2.45, 2.75) is 4.83 Å². The summed E-state index contributed by atoms with van der Waals surface area (Å²) in [6, 6.07) is 0. The Morgan fingerprint density at radius 2 is 2.50 bits per heavy atom. The Balaban J connectivity index is 2.96. The summed E-state index contributed by atoms with van der Waals surface area (Å²) in [6.07, 6.45) is 0.757. The van der Waals surface area contributed by atoms with Crippen LogP contribution >= 0.6 is 27.5 Å². The van der Waals surface area contributed by atoms with Gasteiger partial charge in [-0.1, -0.05) is 15.9 Å². The molecule has 0 N–H and O–H groups in total. The summed E-state index contributed by atoms with van der Waals surface area (Å²) in [5.41, 5.74) is 0. The average molecular weight is 171 g/mol. The highest BCUT2D eigenvalue weighted by Crippen LogP contribution is 1.95. The molecule has 0 saturated heterocycles. The van der Waals surface area contributed by atoms with Gasteiger partial charge in [0.15, 0.2) is 0 Å². The van der Waals surface area contributed by atoms with Gasteiger partial charge in [0.05, 0.1) is 4.83 Å². The fourth-order valence-electron chi connectivity index (χ4n) is 0.0364. The molecule has 0 aromatic rings. The first kappa shape index (κ1) is 6.44. The topological polar surface area (TPSA) is 17.1 Å². The lowest BCUT2D eigenvalue weighted by Gasteiger charge is -1.85.